The summed E-state index contributed by atoms with van der Waals surface area (Å²) in [5, 5.41) is 0. The molecule has 1 aliphatic rings. The van der Waals surface area contributed by atoms with Crippen LogP contribution in [0.15, 0.2) is 18.3 Å². The summed E-state index contributed by atoms with van der Waals surface area (Å²) in [4.78, 5) is 15.3. The molecule has 0 spiro atoms. The lowest BCUT2D eigenvalue weighted by Gasteiger charge is -2.22. The van der Waals surface area contributed by atoms with Gasteiger partial charge in [-0.15, -0.1) is 0 Å². The van der Waals surface area contributed by atoms with E-state index in [1.165, 1.54) is 7.11 Å². The van der Waals surface area contributed by atoms with Gasteiger partial charge in [0, 0.05) is 37.8 Å². The highest BCUT2D eigenvalue weighted by Crippen LogP contribution is 2.20. The molecule has 1 amide bonds. The molecular weight excluding hydrogens is 248 g/mol. The van der Waals surface area contributed by atoms with Gasteiger partial charge in [0.05, 0.1) is 13.2 Å². The molecule has 0 unspecified atom stereocenters. The van der Waals surface area contributed by atoms with Crippen molar-refractivity contribution in [3.8, 4) is 5.88 Å². The van der Waals surface area contributed by atoms with Gasteiger partial charge >= 0.3 is 0 Å². The van der Waals surface area contributed by atoms with Crippen LogP contribution in [0.2, 0.25) is 0 Å². The van der Waals surface area contributed by atoms with E-state index in [0.29, 0.717) is 11.4 Å². The number of amides is 1. The summed E-state index contributed by atoms with van der Waals surface area (Å²) >= 11 is 0. The molecule has 1 aliphatic heterocycles. The lowest BCUT2D eigenvalue weighted by Crippen LogP contribution is -2.26. The third-order valence-electron chi connectivity index (χ3n) is 3.01. The number of aromatic nitrogens is 1. The summed E-state index contributed by atoms with van der Waals surface area (Å²) in [6, 6.07) is 3.46. The van der Waals surface area contributed by atoms with Crippen molar-refractivity contribution in [1.29, 1.82) is 0 Å². The van der Waals surface area contributed by atoms with Crippen LogP contribution in [0.4, 0.5) is 0 Å². The first-order valence-corrected chi connectivity index (χ1v) is 6.23. The van der Waals surface area contributed by atoms with E-state index in [0.717, 1.165) is 26.1 Å². The van der Waals surface area contributed by atoms with Crippen molar-refractivity contribution < 1.29 is 19.0 Å². The average molecular weight is 266 g/mol. The third kappa shape index (κ3) is 3.65. The van der Waals surface area contributed by atoms with Gasteiger partial charge in [-0.25, -0.2) is 4.98 Å². The Bertz CT molecular complexity index is 415. The van der Waals surface area contributed by atoms with Crippen LogP contribution in [-0.2, 0) is 14.3 Å². The van der Waals surface area contributed by atoms with E-state index in [4.69, 9.17) is 19.9 Å². The fourth-order valence-electron chi connectivity index (χ4n) is 2.00. The van der Waals surface area contributed by atoms with Crippen LogP contribution in [0.1, 0.15) is 24.5 Å². The van der Waals surface area contributed by atoms with Gasteiger partial charge in [0.2, 0.25) is 5.88 Å². The summed E-state index contributed by atoms with van der Waals surface area (Å²) in [6.45, 7) is 1.44. The number of nitrogens with two attached hydrogens (primary N) is 1. The summed E-state index contributed by atoms with van der Waals surface area (Å²) in [7, 11) is 1.43. The lowest BCUT2D eigenvalue weighted by atomic mass is 10.1. The number of rotatable bonds is 5. The minimum atomic E-state index is -0.773. The van der Waals surface area contributed by atoms with Crippen LogP contribution in [-0.4, -0.2) is 37.3 Å². The van der Waals surface area contributed by atoms with Gasteiger partial charge < -0.3 is 19.9 Å². The van der Waals surface area contributed by atoms with E-state index in [-0.39, 0.29) is 6.10 Å². The number of carbonyl (C=O) groups is 1. The second kappa shape index (κ2) is 6.49. The Morgan fingerprint density at radius 3 is 2.74 bits per heavy atom. The molecule has 1 fully saturated rings. The molecule has 19 heavy (non-hydrogen) atoms. The predicted octanol–water partition coefficient (Wildman–Crippen LogP) is 0.812. The molecular formula is C13H18N2O4. The fourth-order valence-corrected chi connectivity index (χ4v) is 2.00. The standard InChI is InChI=1S/C13H18N2O4/c1-17-12(13(14)16)9-2-3-11(15-8-9)19-10-4-6-18-7-5-10/h2-3,8,10,12H,4-7H2,1H3,(H2,14,16)/t12-/m1/s1. The van der Waals surface area contributed by atoms with Crippen LogP contribution < -0.4 is 10.5 Å². The van der Waals surface area contributed by atoms with Crippen molar-refractivity contribution in [2.75, 3.05) is 20.3 Å². The van der Waals surface area contributed by atoms with Gasteiger partial charge in [0.25, 0.3) is 5.91 Å². The lowest BCUT2D eigenvalue weighted by molar-refractivity contribution is -0.128. The molecule has 6 heteroatoms. The average Bonchev–Trinajstić information content (AvgIpc) is 2.42. The van der Waals surface area contributed by atoms with Crippen LogP contribution in [0, 0.1) is 0 Å². The number of hydrogen-bond donors (Lipinski definition) is 1. The summed E-state index contributed by atoms with van der Waals surface area (Å²) in [6.07, 6.45) is 2.65. The Morgan fingerprint density at radius 1 is 1.47 bits per heavy atom. The van der Waals surface area contributed by atoms with Crippen LogP contribution in [0.25, 0.3) is 0 Å². The van der Waals surface area contributed by atoms with Crippen molar-refractivity contribution in [2.45, 2.75) is 25.0 Å². The van der Waals surface area contributed by atoms with E-state index >= 15 is 0 Å². The first-order valence-electron chi connectivity index (χ1n) is 6.23. The van der Waals surface area contributed by atoms with Gasteiger partial charge in [-0.2, -0.15) is 0 Å². The highest BCUT2D eigenvalue weighted by Gasteiger charge is 2.19. The van der Waals surface area contributed by atoms with Gasteiger partial charge in [-0.05, 0) is 6.07 Å². The van der Waals surface area contributed by atoms with Crippen molar-refractivity contribution in [2.24, 2.45) is 5.73 Å². The topological polar surface area (TPSA) is 83.7 Å². The third-order valence-corrected chi connectivity index (χ3v) is 3.01. The fraction of sp³-hybridized carbons (Fsp3) is 0.538. The summed E-state index contributed by atoms with van der Waals surface area (Å²) < 4.78 is 16.0. The molecule has 0 radical (unpaired) electrons. The number of ether oxygens (including phenoxy) is 3. The monoisotopic (exact) mass is 266 g/mol. The number of methoxy groups -OCH3 is 1. The maximum Gasteiger partial charge on any atom is 0.251 e. The van der Waals surface area contributed by atoms with Crippen molar-refractivity contribution >= 4 is 5.91 Å². The quantitative estimate of drug-likeness (QED) is 0.852. The molecule has 0 saturated carbocycles. The van der Waals surface area contributed by atoms with Crippen LogP contribution in [0.3, 0.4) is 0 Å². The van der Waals surface area contributed by atoms with Gasteiger partial charge in [0.1, 0.15) is 6.10 Å². The second-order valence-electron chi connectivity index (χ2n) is 4.38. The van der Waals surface area contributed by atoms with Crippen molar-refractivity contribution in [1.82, 2.24) is 4.98 Å². The first kappa shape index (κ1) is 13.8. The molecule has 0 bridgehead atoms. The highest BCUT2D eigenvalue weighted by atomic mass is 16.5. The van der Waals surface area contributed by atoms with Crippen molar-refractivity contribution in [3.63, 3.8) is 0 Å². The Kier molecular flexibility index (Phi) is 4.70. The predicted molar refractivity (Wildman–Crippen MR) is 67.7 cm³/mol. The summed E-state index contributed by atoms with van der Waals surface area (Å²) in [5.41, 5.74) is 5.85. The molecule has 104 valence electrons. The molecule has 1 atom stereocenters. The van der Waals surface area contributed by atoms with E-state index in [9.17, 15) is 4.79 Å². The normalized spacial score (nSPS) is 17.9. The number of nitrogens with zero attached hydrogens (tertiary/aromatic N) is 1. The molecule has 2 heterocycles. The van der Waals surface area contributed by atoms with Gasteiger partial charge in [-0.1, -0.05) is 0 Å². The zero-order valence-electron chi connectivity index (χ0n) is 10.9. The molecule has 0 aliphatic carbocycles. The minimum absolute atomic E-state index is 0.140. The molecule has 1 saturated heterocycles. The zero-order valence-corrected chi connectivity index (χ0v) is 10.9. The van der Waals surface area contributed by atoms with Crippen molar-refractivity contribution in [3.05, 3.63) is 23.9 Å². The molecule has 2 rings (SSSR count). The Hall–Kier alpha value is -1.66. The van der Waals surface area contributed by atoms with E-state index in [1.807, 2.05) is 0 Å². The van der Waals surface area contributed by atoms with Crippen LogP contribution in [0.5, 0.6) is 5.88 Å². The SMILES string of the molecule is CO[C@@H](C(N)=O)c1ccc(OC2CCOCC2)nc1. The molecule has 1 aromatic rings. The maximum atomic E-state index is 11.2. The number of carbonyl (C=O) groups excluding carboxylic acids is 1. The number of primary amides is 1. The minimum Gasteiger partial charge on any atom is -0.474 e. The maximum absolute atomic E-state index is 11.2. The van der Waals surface area contributed by atoms with E-state index in [1.54, 1.807) is 18.3 Å². The smallest absolute Gasteiger partial charge is 0.251 e. The van der Waals surface area contributed by atoms with E-state index < -0.39 is 12.0 Å². The molecule has 2 N–H and O–H groups in total. The Labute approximate surface area is 111 Å². The Balaban J connectivity index is 1.99. The first-order chi connectivity index (χ1) is 9.20. The van der Waals surface area contributed by atoms with Gasteiger partial charge in [0.15, 0.2) is 6.10 Å². The zero-order chi connectivity index (χ0) is 13.7. The van der Waals surface area contributed by atoms with E-state index in [2.05, 4.69) is 4.98 Å². The van der Waals surface area contributed by atoms with Crippen LogP contribution >= 0.6 is 0 Å². The molecule has 1 aromatic heterocycles. The van der Waals surface area contributed by atoms with Gasteiger partial charge in [-0.3, -0.25) is 4.79 Å². The second-order valence-corrected chi connectivity index (χ2v) is 4.38. The largest absolute Gasteiger partial charge is 0.474 e. The summed E-state index contributed by atoms with van der Waals surface area (Å²) in [5.74, 6) is -0.00243. The Morgan fingerprint density at radius 2 is 2.21 bits per heavy atom. The number of hydrogen-bond acceptors (Lipinski definition) is 5. The molecule has 0 aromatic carbocycles. The molecule has 6 nitrogen and oxygen atoms in total. The highest BCUT2D eigenvalue weighted by molar-refractivity contribution is 5.80. The number of pyridine rings is 1.